The van der Waals surface area contributed by atoms with E-state index in [9.17, 15) is 0 Å². The molecule has 0 spiro atoms. The average molecular weight is 632 g/mol. The summed E-state index contributed by atoms with van der Waals surface area (Å²) in [7, 11) is 0. The molecular formula is C42H25N5S. The van der Waals surface area contributed by atoms with Crippen LogP contribution >= 0.6 is 11.5 Å². The van der Waals surface area contributed by atoms with Gasteiger partial charge in [-0.15, -0.1) is 0 Å². The third-order valence-corrected chi connectivity index (χ3v) is 10.0. The van der Waals surface area contributed by atoms with Gasteiger partial charge in [0.15, 0.2) is 5.82 Å². The maximum absolute atomic E-state index is 5.09. The Hall–Kier alpha value is -6.24. The van der Waals surface area contributed by atoms with E-state index in [0.29, 0.717) is 5.82 Å². The van der Waals surface area contributed by atoms with Gasteiger partial charge in [-0.05, 0) is 58.2 Å². The Morgan fingerprint density at radius 1 is 0.479 bits per heavy atom. The Morgan fingerprint density at radius 2 is 1.23 bits per heavy atom. The van der Waals surface area contributed by atoms with Gasteiger partial charge in [0.25, 0.3) is 0 Å². The second-order valence-electron chi connectivity index (χ2n) is 11.9. The van der Waals surface area contributed by atoms with Crippen molar-refractivity contribution in [2.45, 2.75) is 0 Å². The summed E-state index contributed by atoms with van der Waals surface area (Å²) in [6.45, 7) is 0. The zero-order chi connectivity index (χ0) is 31.6. The lowest BCUT2D eigenvalue weighted by Crippen LogP contribution is -1.97. The highest BCUT2D eigenvalue weighted by atomic mass is 32.1. The Kier molecular flexibility index (Phi) is 5.98. The Morgan fingerprint density at radius 3 is 2.21 bits per heavy atom. The lowest BCUT2D eigenvalue weighted by molar-refractivity contribution is 1.18. The van der Waals surface area contributed by atoms with E-state index in [1.807, 2.05) is 24.5 Å². The number of nitrogens with zero attached hydrogens (tertiary/aromatic N) is 5. The number of hydrogen-bond donors (Lipinski definition) is 0. The van der Waals surface area contributed by atoms with E-state index in [2.05, 4.69) is 137 Å². The van der Waals surface area contributed by atoms with E-state index in [1.165, 1.54) is 44.2 Å². The van der Waals surface area contributed by atoms with Crippen LogP contribution in [0.15, 0.2) is 152 Å². The van der Waals surface area contributed by atoms with Crippen LogP contribution in [0, 0.1) is 0 Å². The summed E-state index contributed by atoms with van der Waals surface area (Å²) in [4.78, 5) is 14.4. The normalized spacial score (nSPS) is 11.8. The minimum Gasteiger partial charge on any atom is -0.309 e. The van der Waals surface area contributed by atoms with Crippen molar-refractivity contribution in [3.05, 3.63) is 152 Å². The number of hydrogen-bond acceptors (Lipinski definition) is 5. The van der Waals surface area contributed by atoms with Crippen LogP contribution in [0.5, 0.6) is 0 Å². The van der Waals surface area contributed by atoms with Gasteiger partial charge in [0.05, 0.1) is 27.8 Å². The average Bonchev–Trinajstić information content (AvgIpc) is 3.77. The van der Waals surface area contributed by atoms with E-state index in [1.54, 1.807) is 0 Å². The van der Waals surface area contributed by atoms with Crippen molar-refractivity contribution >= 4 is 65.9 Å². The molecule has 0 radical (unpaired) electrons. The van der Waals surface area contributed by atoms with Gasteiger partial charge in [0, 0.05) is 50.6 Å². The summed E-state index contributed by atoms with van der Waals surface area (Å²) in [5, 5.41) is 7.81. The molecule has 0 fully saturated rings. The molecule has 0 unspecified atom stereocenters. The predicted molar refractivity (Wildman–Crippen MR) is 199 cm³/mol. The summed E-state index contributed by atoms with van der Waals surface area (Å²) >= 11 is 1.41. The van der Waals surface area contributed by atoms with Crippen LogP contribution in [-0.2, 0) is 0 Å². The Balaban J connectivity index is 1.16. The first-order valence-corrected chi connectivity index (χ1v) is 16.7. The molecule has 4 heterocycles. The molecule has 0 saturated carbocycles. The van der Waals surface area contributed by atoms with Gasteiger partial charge in [-0.1, -0.05) is 109 Å². The fourth-order valence-corrected chi connectivity index (χ4v) is 7.84. The molecule has 6 heteroatoms. The van der Waals surface area contributed by atoms with Crippen molar-refractivity contribution in [2.24, 2.45) is 0 Å². The molecule has 0 N–H and O–H groups in total. The van der Waals surface area contributed by atoms with Crippen LogP contribution in [0.25, 0.3) is 93.2 Å². The van der Waals surface area contributed by atoms with Crippen LogP contribution < -0.4 is 0 Å². The van der Waals surface area contributed by atoms with E-state index in [4.69, 9.17) is 14.3 Å². The number of fused-ring (bicyclic) bond motifs is 7. The molecule has 4 aromatic heterocycles. The minimum atomic E-state index is 0.708. The highest BCUT2D eigenvalue weighted by Crippen LogP contribution is 2.40. The molecule has 6 aromatic carbocycles. The zero-order valence-electron chi connectivity index (χ0n) is 25.6. The minimum absolute atomic E-state index is 0.708. The first-order chi connectivity index (χ1) is 23.8. The van der Waals surface area contributed by atoms with Gasteiger partial charge in [0.2, 0.25) is 0 Å². The largest absolute Gasteiger partial charge is 0.309 e. The van der Waals surface area contributed by atoms with Crippen LogP contribution in [0.3, 0.4) is 0 Å². The summed E-state index contributed by atoms with van der Waals surface area (Å²) in [5.74, 6) is 0.708. The molecule has 0 aliphatic rings. The van der Waals surface area contributed by atoms with E-state index in [-0.39, 0.29) is 0 Å². The standard InChI is InChI=1S/C42H25N5S/c1-2-12-29-26(9-1)10-7-15-30(29)31-13-3-5-16-36(31)47-37-17-6-4-14-32(37)33-20-19-28(25-38(33)47)41-45-42(48-46-41)35-22-24-44-40-34(35)21-18-27-11-8-23-43-39(27)40/h1-25H. The maximum Gasteiger partial charge on any atom is 0.173 e. The van der Waals surface area contributed by atoms with E-state index in [0.717, 1.165) is 54.7 Å². The quantitative estimate of drug-likeness (QED) is 0.181. The summed E-state index contributed by atoms with van der Waals surface area (Å²) in [6, 6.07) is 49.3. The lowest BCUT2D eigenvalue weighted by atomic mass is 9.97. The first-order valence-electron chi connectivity index (χ1n) is 15.9. The monoisotopic (exact) mass is 631 g/mol. The third kappa shape index (κ3) is 4.10. The molecule has 10 rings (SSSR count). The van der Waals surface area contributed by atoms with Crippen molar-refractivity contribution in [1.82, 2.24) is 23.9 Å². The topological polar surface area (TPSA) is 56.5 Å². The van der Waals surface area contributed by atoms with E-state index < -0.39 is 0 Å². The SMILES string of the molecule is c1ccc(-n2c3ccccc3c3ccc(-c4nsc(-c5ccnc6c5ccc5cccnc56)n4)cc32)c(-c2cccc3ccccc23)c1. The molecule has 5 nitrogen and oxygen atoms in total. The Bertz CT molecular complexity index is 2860. The molecule has 48 heavy (non-hydrogen) atoms. The number of rotatable bonds is 4. The fraction of sp³-hybridized carbons (Fsp3) is 0. The number of benzene rings is 6. The first kappa shape index (κ1) is 26.9. The highest BCUT2D eigenvalue weighted by molar-refractivity contribution is 7.09. The van der Waals surface area contributed by atoms with Gasteiger partial charge in [-0.25, -0.2) is 4.98 Å². The summed E-state index contributed by atoms with van der Waals surface area (Å²) < 4.78 is 7.28. The molecule has 0 bridgehead atoms. The molecule has 10 aromatic rings. The molecule has 0 atom stereocenters. The maximum atomic E-state index is 5.09. The van der Waals surface area contributed by atoms with Crippen molar-refractivity contribution in [1.29, 1.82) is 0 Å². The van der Waals surface area contributed by atoms with Gasteiger partial charge in [-0.2, -0.15) is 4.37 Å². The summed E-state index contributed by atoms with van der Waals surface area (Å²) in [5.41, 5.74) is 9.55. The second kappa shape index (κ2) is 10.7. The van der Waals surface area contributed by atoms with Gasteiger partial charge in [0.1, 0.15) is 5.01 Å². The number of pyridine rings is 2. The molecule has 0 aliphatic heterocycles. The van der Waals surface area contributed by atoms with Crippen molar-refractivity contribution in [3.8, 4) is 38.8 Å². The number of aromatic nitrogens is 5. The van der Waals surface area contributed by atoms with Crippen molar-refractivity contribution in [2.75, 3.05) is 0 Å². The molecule has 224 valence electrons. The zero-order valence-corrected chi connectivity index (χ0v) is 26.4. The molecular weight excluding hydrogens is 607 g/mol. The van der Waals surface area contributed by atoms with E-state index >= 15 is 0 Å². The Labute approximate surface area is 279 Å². The number of para-hydroxylation sites is 2. The van der Waals surface area contributed by atoms with Gasteiger partial charge < -0.3 is 4.57 Å². The fourth-order valence-electron chi connectivity index (χ4n) is 7.12. The van der Waals surface area contributed by atoms with Crippen LogP contribution in [0.4, 0.5) is 0 Å². The second-order valence-corrected chi connectivity index (χ2v) is 12.7. The van der Waals surface area contributed by atoms with Crippen molar-refractivity contribution in [3.63, 3.8) is 0 Å². The van der Waals surface area contributed by atoms with Crippen LogP contribution in [-0.4, -0.2) is 23.9 Å². The van der Waals surface area contributed by atoms with Gasteiger partial charge >= 0.3 is 0 Å². The van der Waals surface area contributed by atoms with Crippen LogP contribution in [0.2, 0.25) is 0 Å². The smallest absolute Gasteiger partial charge is 0.173 e. The molecule has 0 saturated heterocycles. The third-order valence-electron chi connectivity index (χ3n) is 9.30. The molecule has 0 amide bonds. The lowest BCUT2D eigenvalue weighted by Gasteiger charge is -2.15. The highest BCUT2D eigenvalue weighted by Gasteiger charge is 2.19. The molecule has 0 aliphatic carbocycles. The summed E-state index contributed by atoms with van der Waals surface area (Å²) in [6.07, 6.45) is 3.65. The predicted octanol–water partition coefficient (Wildman–Crippen LogP) is 10.9. The van der Waals surface area contributed by atoms with Crippen molar-refractivity contribution < 1.29 is 0 Å². The van der Waals surface area contributed by atoms with Crippen LogP contribution in [0.1, 0.15) is 0 Å². The van der Waals surface area contributed by atoms with Gasteiger partial charge in [-0.3, -0.25) is 9.97 Å².